The maximum atomic E-state index is 12.6. The van der Waals surface area contributed by atoms with Gasteiger partial charge in [-0.2, -0.15) is 0 Å². The molecule has 1 N–H and O–H groups in total. The number of nitrogens with zero attached hydrogens (tertiary/aromatic N) is 1. The van der Waals surface area contributed by atoms with E-state index in [0.717, 1.165) is 0 Å². The molecule has 18 heavy (non-hydrogen) atoms. The summed E-state index contributed by atoms with van der Waals surface area (Å²) in [5.74, 6) is -1.48. The van der Waals surface area contributed by atoms with Crippen LogP contribution in [0.25, 0.3) is 0 Å². The van der Waals surface area contributed by atoms with Crippen molar-refractivity contribution in [1.29, 1.82) is 0 Å². The molecule has 0 amide bonds. The van der Waals surface area contributed by atoms with Gasteiger partial charge in [0.2, 0.25) is 5.88 Å². The largest absolute Gasteiger partial charge is 0.574 e. The van der Waals surface area contributed by atoms with Gasteiger partial charge < -0.3 is 9.84 Å². The third-order valence-corrected chi connectivity index (χ3v) is 2.17. The third-order valence-electron chi connectivity index (χ3n) is 1.92. The topological polar surface area (TPSA) is 42.4 Å². The van der Waals surface area contributed by atoms with E-state index in [0.29, 0.717) is 6.07 Å². The molecule has 0 radical (unpaired) electrons. The van der Waals surface area contributed by atoms with E-state index < -0.39 is 48.0 Å². The molecule has 102 valence electrons. The van der Waals surface area contributed by atoms with Crippen molar-refractivity contribution in [2.75, 3.05) is 0 Å². The van der Waals surface area contributed by atoms with E-state index in [1.165, 1.54) is 0 Å². The van der Waals surface area contributed by atoms with Crippen LogP contribution in [-0.4, -0.2) is 16.5 Å². The fourth-order valence-corrected chi connectivity index (χ4v) is 1.41. The highest BCUT2D eigenvalue weighted by molar-refractivity contribution is 6.17. The van der Waals surface area contributed by atoms with Crippen LogP contribution in [0, 0.1) is 0 Å². The standard InChI is InChI=1S/C9H7ClF5NO2/c10-2-6-5(7(11)12)1-4(3-17)8(16-6)18-9(13,14)15/h1,7,17H,2-3H2. The summed E-state index contributed by atoms with van der Waals surface area (Å²) in [4.78, 5) is 3.25. The Bertz CT molecular complexity index is 424. The summed E-state index contributed by atoms with van der Waals surface area (Å²) in [5.41, 5.74) is -1.55. The molecule has 1 rings (SSSR count). The second-order valence-corrected chi connectivity index (χ2v) is 3.40. The van der Waals surface area contributed by atoms with Crippen molar-refractivity contribution in [3.63, 3.8) is 0 Å². The first kappa shape index (κ1) is 14.9. The average molecular weight is 292 g/mol. The molecule has 0 atom stereocenters. The van der Waals surface area contributed by atoms with Crippen LogP contribution in [0.1, 0.15) is 23.2 Å². The van der Waals surface area contributed by atoms with E-state index in [1.54, 1.807) is 0 Å². The number of hydrogen-bond acceptors (Lipinski definition) is 3. The van der Waals surface area contributed by atoms with E-state index in [1.807, 2.05) is 0 Å². The molecule has 3 nitrogen and oxygen atoms in total. The van der Waals surface area contributed by atoms with Crippen LogP contribution >= 0.6 is 11.6 Å². The molecule has 0 unspecified atom stereocenters. The molecule has 0 aliphatic heterocycles. The molecular weight excluding hydrogens is 285 g/mol. The Morgan fingerprint density at radius 2 is 2.00 bits per heavy atom. The van der Waals surface area contributed by atoms with Crippen LogP contribution in [0.5, 0.6) is 5.88 Å². The third kappa shape index (κ3) is 3.67. The molecular formula is C9H7ClF5NO2. The Labute approximate surface area is 103 Å². The van der Waals surface area contributed by atoms with Gasteiger partial charge in [-0.05, 0) is 6.07 Å². The number of aliphatic hydroxyl groups is 1. The zero-order chi connectivity index (χ0) is 13.9. The van der Waals surface area contributed by atoms with Crippen LogP contribution in [0.3, 0.4) is 0 Å². The molecule has 0 aliphatic rings. The Morgan fingerprint density at radius 3 is 2.39 bits per heavy atom. The van der Waals surface area contributed by atoms with Crippen molar-refractivity contribution in [2.24, 2.45) is 0 Å². The molecule has 0 fully saturated rings. The number of halogens is 6. The summed E-state index contributed by atoms with van der Waals surface area (Å²) in [6.07, 6.45) is -8.00. The molecule has 0 aromatic carbocycles. The number of aliphatic hydroxyl groups excluding tert-OH is 1. The highest BCUT2D eigenvalue weighted by Crippen LogP contribution is 2.31. The number of rotatable bonds is 4. The monoisotopic (exact) mass is 291 g/mol. The highest BCUT2D eigenvalue weighted by Gasteiger charge is 2.33. The molecule has 1 aromatic rings. The van der Waals surface area contributed by atoms with Gasteiger partial charge in [-0.1, -0.05) is 0 Å². The molecule has 0 saturated carbocycles. The Balaban J connectivity index is 3.26. The first-order valence-electron chi connectivity index (χ1n) is 4.52. The maximum Gasteiger partial charge on any atom is 0.574 e. The van der Waals surface area contributed by atoms with Gasteiger partial charge in [-0.25, -0.2) is 13.8 Å². The van der Waals surface area contributed by atoms with Crippen LogP contribution in [0.2, 0.25) is 0 Å². The first-order valence-corrected chi connectivity index (χ1v) is 5.05. The Morgan fingerprint density at radius 1 is 1.39 bits per heavy atom. The lowest BCUT2D eigenvalue weighted by Crippen LogP contribution is -2.20. The van der Waals surface area contributed by atoms with Crippen LogP contribution < -0.4 is 4.74 Å². The van der Waals surface area contributed by atoms with Crippen molar-refractivity contribution in [1.82, 2.24) is 4.98 Å². The lowest BCUT2D eigenvalue weighted by atomic mass is 10.1. The minimum Gasteiger partial charge on any atom is -0.391 e. The fourth-order valence-electron chi connectivity index (χ4n) is 1.20. The second kappa shape index (κ2) is 5.66. The Hall–Kier alpha value is -1.15. The molecule has 1 heterocycles. The molecule has 0 aliphatic carbocycles. The normalized spacial score (nSPS) is 12.0. The quantitative estimate of drug-likeness (QED) is 0.684. The van der Waals surface area contributed by atoms with Crippen LogP contribution in [0.4, 0.5) is 22.0 Å². The lowest BCUT2D eigenvalue weighted by molar-refractivity contribution is -0.276. The summed E-state index contributed by atoms with van der Waals surface area (Å²) in [6, 6.07) is 0.691. The van der Waals surface area contributed by atoms with Gasteiger partial charge in [0.1, 0.15) is 0 Å². The van der Waals surface area contributed by atoms with E-state index in [2.05, 4.69) is 9.72 Å². The van der Waals surface area contributed by atoms with E-state index in [9.17, 15) is 22.0 Å². The van der Waals surface area contributed by atoms with Gasteiger partial charge in [-0.3, -0.25) is 0 Å². The fraction of sp³-hybridized carbons (Fsp3) is 0.444. The van der Waals surface area contributed by atoms with Gasteiger partial charge in [0.05, 0.1) is 18.2 Å². The first-order chi connectivity index (χ1) is 8.28. The molecule has 9 heteroatoms. The van der Waals surface area contributed by atoms with Crippen LogP contribution in [0.15, 0.2) is 6.07 Å². The zero-order valence-corrected chi connectivity index (χ0v) is 9.40. The number of alkyl halides is 6. The van der Waals surface area contributed by atoms with E-state index in [4.69, 9.17) is 16.7 Å². The predicted molar refractivity (Wildman–Crippen MR) is 51.4 cm³/mol. The van der Waals surface area contributed by atoms with Gasteiger partial charge in [0, 0.05) is 11.1 Å². The summed E-state index contributed by atoms with van der Waals surface area (Å²) in [5, 5.41) is 8.82. The number of pyridine rings is 1. The second-order valence-electron chi connectivity index (χ2n) is 3.13. The van der Waals surface area contributed by atoms with Gasteiger partial charge in [0.15, 0.2) is 0 Å². The van der Waals surface area contributed by atoms with E-state index >= 15 is 0 Å². The van der Waals surface area contributed by atoms with Gasteiger partial charge >= 0.3 is 6.36 Å². The average Bonchev–Trinajstić information content (AvgIpc) is 2.25. The van der Waals surface area contributed by atoms with Crippen molar-refractivity contribution < 1.29 is 31.8 Å². The van der Waals surface area contributed by atoms with Crippen molar-refractivity contribution >= 4 is 11.6 Å². The van der Waals surface area contributed by atoms with Crippen LogP contribution in [-0.2, 0) is 12.5 Å². The van der Waals surface area contributed by atoms with E-state index in [-0.39, 0.29) is 0 Å². The SMILES string of the molecule is OCc1cc(C(F)F)c(CCl)nc1OC(F)(F)F. The minimum absolute atomic E-state index is 0.428. The molecule has 0 saturated heterocycles. The van der Waals surface area contributed by atoms with Crippen molar-refractivity contribution in [3.8, 4) is 5.88 Å². The van der Waals surface area contributed by atoms with Crippen molar-refractivity contribution in [3.05, 3.63) is 22.9 Å². The minimum atomic E-state index is -5.03. The summed E-state index contributed by atoms with van der Waals surface area (Å²) in [6.45, 7) is -0.916. The molecule has 0 spiro atoms. The predicted octanol–water partition coefficient (Wildman–Crippen LogP) is 3.15. The lowest BCUT2D eigenvalue weighted by Gasteiger charge is -2.14. The van der Waals surface area contributed by atoms with Gasteiger partial charge in [-0.15, -0.1) is 24.8 Å². The summed E-state index contributed by atoms with van der Waals surface area (Å²) >= 11 is 5.32. The number of hydrogen-bond donors (Lipinski definition) is 1. The number of ether oxygens (including phenoxy) is 1. The maximum absolute atomic E-state index is 12.6. The summed E-state index contributed by atoms with van der Waals surface area (Å²) < 4.78 is 64.7. The molecule has 0 bridgehead atoms. The zero-order valence-electron chi connectivity index (χ0n) is 8.64. The smallest absolute Gasteiger partial charge is 0.391 e. The van der Waals surface area contributed by atoms with Crippen molar-refractivity contribution in [2.45, 2.75) is 25.3 Å². The number of aromatic nitrogens is 1. The highest BCUT2D eigenvalue weighted by atomic mass is 35.5. The summed E-state index contributed by atoms with van der Waals surface area (Å²) in [7, 11) is 0. The Kier molecular flexibility index (Phi) is 4.69. The van der Waals surface area contributed by atoms with Gasteiger partial charge in [0.25, 0.3) is 6.43 Å². The molecule has 1 aromatic heterocycles.